The summed E-state index contributed by atoms with van der Waals surface area (Å²) in [5, 5.41) is 8.71. The van der Waals surface area contributed by atoms with Crippen LogP contribution >= 0.6 is 0 Å². The number of ether oxygens (including phenoxy) is 1. The average molecular weight is 485 g/mol. The van der Waals surface area contributed by atoms with Crippen LogP contribution in [0.15, 0.2) is 30.5 Å². The molecule has 4 rings (SSSR count). The van der Waals surface area contributed by atoms with E-state index in [0.717, 1.165) is 31.4 Å². The summed E-state index contributed by atoms with van der Waals surface area (Å²) in [4.78, 5) is 42.0. The van der Waals surface area contributed by atoms with Gasteiger partial charge in [-0.2, -0.15) is 0 Å². The smallest absolute Gasteiger partial charge is 0.247 e. The molecule has 8 heteroatoms. The molecule has 3 N–H and O–H groups in total. The monoisotopic (exact) mass is 484 g/mol. The summed E-state index contributed by atoms with van der Waals surface area (Å²) >= 11 is 0. The lowest BCUT2D eigenvalue weighted by Gasteiger charge is -2.34. The van der Waals surface area contributed by atoms with Crippen molar-refractivity contribution in [3.8, 4) is 5.75 Å². The van der Waals surface area contributed by atoms with Crippen LogP contribution in [0, 0.1) is 11.8 Å². The normalized spacial score (nSPS) is 26.6. The Hall–Kier alpha value is -2.87. The van der Waals surface area contributed by atoms with E-state index in [0.29, 0.717) is 12.2 Å². The van der Waals surface area contributed by atoms with Crippen molar-refractivity contribution in [2.75, 3.05) is 13.6 Å². The number of amides is 3. The highest BCUT2D eigenvalue weighted by Gasteiger charge is 2.39. The van der Waals surface area contributed by atoms with Crippen molar-refractivity contribution in [3.63, 3.8) is 0 Å². The highest BCUT2D eigenvalue weighted by Crippen LogP contribution is 2.23. The van der Waals surface area contributed by atoms with Gasteiger partial charge >= 0.3 is 0 Å². The third-order valence-corrected chi connectivity index (χ3v) is 6.93. The minimum absolute atomic E-state index is 0.0304. The quantitative estimate of drug-likeness (QED) is 0.577. The first kappa shape index (κ1) is 26.7. The van der Waals surface area contributed by atoms with Crippen LogP contribution in [0.5, 0.6) is 5.75 Å². The van der Waals surface area contributed by atoms with E-state index in [-0.39, 0.29) is 29.7 Å². The Morgan fingerprint density at radius 1 is 1.17 bits per heavy atom. The van der Waals surface area contributed by atoms with Gasteiger partial charge in [0, 0.05) is 6.20 Å². The van der Waals surface area contributed by atoms with E-state index in [1.807, 2.05) is 63.9 Å². The van der Waals surface area contributed by atoms with Crippen LogP contribution in [0.1, 0.15) is 58.9 Å². The van der Waals surface area contributed by atoms with E-state index in [1.165, 1.54) is 0 Å². The first-order valence-corrected chi connectivity index (χ1v) is 12.7. The lowest BCUT2D eigenvalue weighted by atomic mass is 9.93. The van der Waals surface area contributed by atoms with Crippen molar-refractivity contribution < 1.29 is 19.1 Å². The van der Waals surface area contributed by atoms with Gasteiger partial charge in [0.05, 0.1) is 6.04 Å². The van der Waals surface area contributed by atoms with Crippen molar-refractivity contribution in [2.24, 2.45) is 11.8 Å². The molecule has 3 heterocycles. The number of likely N-dealkylation sites (N-methyl/N-ethyl adjacent to an activating group) is 1. The van der Waals surface area contributed by atoms with Crippen LogP contribution in [0.4, 0.5) is 0 Å². The number of hydrogen-bond acceptors (Lipinski definition) is 5. The van der Waals surface area contributed by atoms with Crippen LogP contribution < -0.4 is 20.7 Å². The molecule has 0 radical (unpaired) electrons. The summed E-state index contributed by atoms with van der Waals surface area (Å²) in [5.74, 6) is -0.121. The fourth-order valence-electron chi connectivity index (χ4n) is 4.63. The summed E-state index contributed by atoms with van der Waals surface area (Å²) in [6.07, 6.45) is 5.69. The Balaban J connectivity index is 1.99. The van der Waals surface area contributed by atoms with Gasteiger partial charge in [0.15, 0.2) is 0 Å². The third-order valence-electron chi connectivity index (χ3n) is 6.93. The van der Waals surface area contributed by atoms with E-state index in [2.05, 4.69) is 16.0 Å². The number of carbonyl (C=O) groups is 3. The molecular weight excluding hydrogens is 444 g/mol. The maximum absolute atomic E-state index is 13.7. The summed E-state index contributed by atoms with van der Waals surface area (Å²) < 4.78 is 6.37. The second kappa shape index (κ2) is 12.2. The molecule has 5 atom stereocenters. The first-order chi connectivity index (χ1) is 16.7. The molecule has 5 unspecified atom stereocenters. The molecule has 0 aliphatic carbocycles. The van der Waals surface area contributed by atoms with Gasteiger partial charge in [0.2, 0.25) is 17.7 Å². The highest BCUT2D eigenvalue weighted by atomic mass is 16.5. The zero-order chi connectivity index (χ0) is 25.5. The van der Waals surface area contributed by atoms with Gasteiger partial charge < -0.3 is 20.7 Å². The molecule has 35 heavy (non-hydrogen) atoms. The van der Waals surface area contributed by atoms with E-state index >= 15 is 0 Å². The number of likely N-dealkylation sites (tertiary alicyclic amines) is 1. The minimum Gasteiger partial charge on any atom is -0.487 e. The first-order valence-electron chi connectivity index (χ1n) is 12.7. The standard InChI is InChI=1S/C27H40N4O4/c1-6-18(4)24-23(30-26(33)22-8-7-15-31(22)5)27(34)29-21(16-17(2)3)25(32)28-14-13-19-9-11-20(35-24)12-10-19/h9-14,17-18,21-24H,6-8,15-16H2,1-5H3,(H,28,32)(H,29,34)(H,30,33). The molecule has 0 spiro atoms. The fraction of sp³-hybridized carbons (Fsp3) is 0.593. The van der Waals surface area contributed by atoms with Gasteiger partial charge in [0.1, 0.15) is 23.9 Å². The van der Waals surface area contributed by atoms with E-state index in [4.69, 9.17) is 4.74 Å². The molecule has 1 fully saturated rings. The zero-order valence-corrected chi connectivity index (χ0v) is 21.5. The van der Waals surface area contributed by atoms with Crippen molar-refractivity contribution in [3.05, 3.63) is 36.0 Å². The summed E-state index contributed by atoms with van der Waals surface area (Å²) in [7, 11) is 1.92. The van der Waals surface area contributed by atoms with Gasteiger partial charge in [0.25, 0.3) is 0 Å². The molecule has 192 valence electrons. The number of hydrogen-bond donors (Lipinski definition) is 3. The molecule has 8 nitrogen and oxygen atoms in total. The molecule has 1 aromatic rings. The lowest BCUT2D eigenvalue weighted by Crippen LogP contribution is -2.61. The van der Waals surface area contributed by atoms with E-state index in [1.54, 1.807) is 12.3 Å². The number of benzene rings is 1. The topological polar surface area (TPSA) is 99.8 Å². The molecule has 3 aliphatic rings. The lowest BCUT2D eigenvalue weighted by molar-refractivity contribution is -0.136. The summed E-state index contributed by atoms with van der Waals surface area (Å²) in [6.45, 7) is 8.89. The van der Waals surface area contributed by atoms with Crippen molar-refractivity contribution in [1.82, 2.24) is 20.9 Å². The van der Waals surface area contributed by atoms with Crippen LogP contribution in [0.25, 0.3) is 6.08 Å². The van der Waals surface area contributed by atoms with Gasteiger partial charge in [-0.05, 0) is 74.9 Å². The molecule has 2 bridgehead atoms. The highest BCUT2D eigenvalue weighted by molar-refractivity contribution is 5.94. The van der Waals surface area contributed by atoms with E-state index < -0.39 is 24.1 Å². The fourth-order valence-corrected chi connectivity index (χ4v) is 4.63. The summed E-state index contributed by atoms with van der Waals surface area (Å²) in [5.41, 5.74) is 0.911. The average Bonchev–Trinajstić information content (AvgIpc) is 3.26. The Morgan fingerprint density at radius 3 is 2.49 bits per heavy atom. The Bertz CT molecular complexity index is 914. The maximum atomic E-state index is 13.7. The SMILES string of the molecule is CCC(C)C1Oc2ccc(cc2)C=CNC(=O)C(CC(C)C)NC(=O)C1NC(=O)C1CCCN1C. The van der Waals surface area contributed by atoms with Crippen LogP contribution in [-0.2, 0) is 14.4 Å². The molecule has 0 aromatic heterocycles. The number of fused-ring (bicyclic) bond motifs is 10. The van der Waals surface area contributed by atoms with Crippen molar-refractivity contribution in [1.29, 1.82) is 0 Å². The predicted octanol–water partition coefficient (Wildman–Crippen LogP) is 2.69. The van der Waals surface area contributed by atoms with E-state index in [9.17, 15) is 14.4 Å². The van der Waals surface area contributed by atoms with Crippen LogP contribution in [0.3, 0.4) is 0 Å². The van der Waals surface area contributed by atoms with Crippen LogP contribution in [-0.4, -0.2) is 60.4 Å². The minimum atomic E-state index is -0.952. The Labute approximate surface area is 208 Å². The van der Waals surface area contributed by atoms with Crippen LogP contribution in [0.2, 0.25) is 0 Å². The van der Waals surface area contributed by atoms with Gasteiger partial charge in [-0.25, -0.2) is 0 Å². The van der Waals surface area contributed by atoms with Gasteiger partial charge in [-0.3, -0.25) is 19.3 Å². The number of carbonyl (C=O) groups excluding carboxylic acids is 3. The number of rotatable bonds is 6. The zero-order valence-electron chi connectivity index (χ0n) is 21.5. The largest absolute Gasteiger partial charge is 0.487 e. The Morgan fingerprint density at radius 2 is 1.89 bits per heavy atom. The molecule has 0 saturated carbocycles. The molecule has 3 amide bonds. The van der Waals surface area contributed by atoms with Gasteiger partial charge in [-0.1, -0.05) is 39.8 Å². The van der Waals surface area contributed by atoms with Crippen molar-refractivity contribution >= 4 is 23.8 Å². The maximum Gasteiger partial charge on any atom is 0.247 e. The van der Waals surface area contributed by atoms with Gasteiger partial charge in [-0.15, -0.1) is 0 Å². The second-order valence-electron chi connectivity index (χ2n) is 10.2. The summed E-state index contributed by atoms with van der Waals surface area (Å²) in [6, 6.07) is 5.49. The number of nitrogens with one attached hydrogen (secondary N) is 3. The third kappa shape index (κ3) is 7.07. The molecular formula is C27H40N4O4. The molecule has 3 aliphatic heterocycles. The number of nitrogens with zero attached hydrogens (tertiary/aromatic N) is 1. The predicted molar refractivity (Wildman–Crippen MR) is 136 cm³/mol. The second-order valence-corrected chi connectivity index (χ2v) is 10.2. The van der Waals surface area contributed by atoms with Crippen molar-refractivity contribution in [2.45, 2.75) is 77.6 Å². The molecule has 1 aromatic carbocycles. The molecule has 1 saturated heterocycles. The Kier molecular flexibility index (Phi) is 9.32.